The third-order valence-corrected chi connectivity index (χ3v) is 2.38. The van der Waals surface area contributed by atoms with Crippen LogP contribution in [0.2, 0.25) is 0 Å². The van der Waals surface area contributed by atoms with Gasteiger partial charge in [0, 0.05) is 30.3 Å². The van der Waals surface area contributed by atoms with Crippen molar-refractivity contribution in [2.24, 2.45) is 5.73 Å². The minimum Gasteiger partial charge on any atom is -0.487 e. The normalized spacial score (nSPS) is 11.7. The highest BCUT2D eigenvalue weighted by molar-refractivity contribution is 5.75. The maximum absolute atomic E-state index is 10.8. The van der Waals surface area contributed by atoms with Crippen LogP contribution in [0.4, 0.5) is 11.4 Å². The van der Waals surface area contributed by atoms with Crippen molar-refractivity contribution in [1.29, 1.82) is 0 Å². The molecule has 1 amide bonds. The van der Waals surface area contributed by atoms with E-state index in [2.05, 4.69) is 5.32 Å². The lowest BCUT2D eigenvalue weighted by molar-refractivity contribution is -0.385. The van der Waals surface area contributed by atoms with Gasteiger partial charge in [-0.05, 0) is 19.9 Å². The molecule has 0 spiro atoms. The lowest BCUT2D eigenvalue weighted by Crippen LogP contribution is -2.23. The van der Waals surface area contributed by atoms with Crippen LogP contribution in [0.3, 0.4) is 0 Å². The molecule has 3 N–H and O–H groups in total. The standard InChI is InChI=1S/C12H17N3O4/c1-3-19-11-7-9(4-5-10(11)15(17)18)14-8(2)6-12(13)16/h4-5,7-8,14H,3,6H2,1-2H3,(H2,13,16). The van der Waals surface area contributed by atoms with Crippen LogP contribution in [0, 0.1) is 10.1 Å². The number of hydrogen-bond donors (Lipinski definition) is 2. The number of nitrogens with zero attached hydrogens (tertiary/aromatic N) is 1. The first-order valence-corrected chi connectivity index (χ1v) is 5.90. The number of hydrogen-bond acceptors (Lipinski definition) is 5. The molecular formula is C12H17N3O4. The van der Waals surface area contributed by atoms with Gasteiger partial charge in [0.1, 0.15) is 0 Å². The molecule has 1 aromatic rings. The van der Waals surface area contributed by atoms with Crippen molar-refractivity contribution in [2.45, 2.75) is 26.3 Å². The average Bonchev–Trinajstić information content (AvgIpc) is 2.27. The van der Waals surface area contributed by atoms with E-state index < -0.39 is 10.8 Å². The zero-order valence-electron chi connectivity index (χ0n) is 10.9. The van der Waals surface area contributed by atoms with Gasteiger partial charge in [-0.3, -0.25) is 14.9 Å². The molecule has 19 heavy (non-hydrogen) atoms. The van der Waals surface area contributed by atoms with Crippen molar-refractivity contribution in [3.63, 3.8) is 0 Å². The maximum atomic E-state index is 10.8. The van der Waals surface area contributed by atoms with E-state index in [1.807, 2.05) is 0 Å². The first-order chi connectivity index (χ1) is 8.93. The molecule has 0 aliphatic rings. The van der Waals surface area contributed by atoms with Gasteiger partial charge in [0.15, 0.2) is 5.75 Å². The highest BCUT2D eigenvalue weighted by Gasteiger charge is 2.16. The summed E-state index contributed by atoms with van der Waals surface area (Å²) in [4.78, 5) is 21.1. The fourth-order valence-electron chi connectivity index (χ4n) is 1.66. The van der Waals surface area contributed by atoms with Crippen molar-refractivity contribution < 1.29 is 14.5 Å². The molecule has 1 atom stereocenters. The van der Waals surface area contributed by atoms with Crippen LogP contribution < -0.4 is 15.8 Å². The first kappa shape index (κ1) is 14.7. The number of benzene rings is 1. The second kappa shape index (κ2) is 6.58. The van der Waals surface area contributed by atoms with E-state index >= 15 is 0 Å². The predicted molar refractivity (Wildman–Crippen MR) is 71.2 cm³/mol. The number of carbonyl (C=O) groups is 1. The molecule has 0 aromatic heterocycles. The highest BCUT2D eigenvalue weighted by Crippen LogP contribution is 2.30. The monoisotopic (exact) mass is 267 g/mol. The predicted octanol–water partition coefficient (Wildman–Crippen LogP) is 1.67. The summed E-state index contributed by atoms with van der Waals surface area (Å²) in [6.07, 6.45) is 0.182. The number of primary amides is 1. The summed E-state index contributed by atoms with van der Waals surface area (Å²) >= 11 is 0. The Morgan fingerprint density at radius 2 is 2.26 bits per heavy atom. The third-order valence-electron chi connectivity index (χ3n) is 2.38. The SMILES string of the molecule is CCOc1cc(NC(C)CC(N)=O)ccc1[N+](=O)[O-]. The molecule has 0 saturated carbocycles. The number of rotatable bonds is 7. The Kier molecular flexibility index (Phi) is 5.11. The van der Waals surface area contributed by atoms with Gasteiger partial charge in [-0.2, -0.15) is 0 Å². The van der Waals surface area contributed by atoms with E-state index in [4.69, 9.17) is 10.5 Å². The van der Waals surface area contributed by atoms with Gasteiger partial charge in [0.25, 0.3) is 0 Å². The molecule has 7 nitrogen and oxygen atoms in total. The smallest absolute Gasteiger partial charge is 0.311 e. The Balaban J connectivity index is 2.88. The summed E-state index contributed by atoms with van der Waals surface area (Å²) in [5.41, 5.74) is 5.65. The summed E-state index contributed by atoms with van der Waals surface area (Å²) in [6, 6.07) is 4.31. The number of nitro benzene ring substituents is 1. The molecule has 104 valence electrons. The van der Waals surface area contributed by atoms with Crippen molar-refractivity contribution >= 4 is 17.3 Å². The number of nitrogens with two attached hydrogens (primary N) is 1. The maximum Gasteiger partial charge on any atom is 0.311 e. The van der Waals surface area contributed by atoms with E-state index in [-0.39, 0.29) is 23.9 Å². The lowest BCUT2D eigenvalue weighted by Gasteiger charge is -2.14. The molecular weight excluding hydrogens is 250 g/mol. The summed E-state index contributed by atoms with van der Waals surface area (Å²) in [5, 5.41) is 13.9. The Labute approximate surface area is 110 Å². The van der Waals surface area contributed by atoms with E-state index in [0.29, 0.717) is 12.3 Å². The Morgan fingerprint density at radius 1 is 1.58 bits per heavy atom. The van der Waals surface area contributed by atoms with E-state index in [0.717, 1.165) is 0 Å². The Bertz CT molecular complexity index is 476. The number of nitrogens with one attached hydrogen (secondary N) is 1. The second-order valence-corrected chi connectivity index (χ2v) is 4.09. The van der Waals surface area contributed by atoms with Crippen LogP contribution in [-0.4, -0.2) is 23.5 Å². The fourth-order valence-corrected chi connectivity index (χ4v) is 1.66. The van der Waals surface area contributed by atoms with Crippen molar-refractivity contribution in [2.75, 3.05) is 11.9 Å². The highest BCUT2D eigenvalue weighted by atomic mass is 16.6. The van der Waals surface area contributed by atoms with Crippen LogP contribution in [0.15, 0.2) is 18.2 Å². The summed E-state index contributed by atoms with van der Waals surface area (Å²) < 4.78 is 5.23. The van der Waals surface area contributed by atoms with Crippen molar-refractivity contribution in [1.82, 2.24) is 0 Å². The minimum atomic E-state index is -0.498. The number of amides is 1. The van der Waals surface area contributed by atoms with Gasteiger partial charge in [-0.25, -0.2) is 0 Å². The van der Waals surface area contributed by atoms with E-state index in [1.54, 1.807) is 26.0 Å². The minimum absolute atomic E-state index is 0.0880. The van der Waals surface area contributed by atoms with Gasteiger partial charge >= 0.3 is 5.69 Å². The average molecular weight is 267 g/mol. The summed E-state index contributed by atoms with van der Waals surface area (Å²) in [6.45, 7) is 3.88. The topological polar surface area (TPSA) is 107 Å². The summed E-state index contributed by atoms with van der Waals surface area (Å²) in [5.74, 6) is -0.212. The van der Waals surface area contributed by atoms with Gasteiger partial charge in [-0.1, -0.05) is 0 Å². The quantitative estimate of drug-likeness (QED) is 0.577. The zero-order chi connectivity index (χ0) is 14.4. The number of carbonyl (C=O) groups excluding carboxylic acids is 1. The number of anilines is 1. The zero-order valence-corrected chi connectivity index (χ0v) is 10.9. The molecule has 1 rings (SSSR count). The third kappa shape index (κ3) is 4.46. The molecule has 7 heteroatoms. The fraction of sp³-hybridized carbons (Fsp3) is 0.417. The van der Waals surface area contributed by atoms with Gasteiger partial charge in [0.05, 0.1) is 11.5 Å². The lowest BCUT2D eigenvalue weighted by atomic mass is 10.2. The van der Waals surface area contributed by atoms with Crippen LogP contribution in [-0.2, 0) is 4.79 Å². The van der Waals surface area contributed by atoms with Gasteiger partial charge in [0.2, 0.25) is 5.91 Å². The molecule has 0 saturated heterocycles. The number of nitro groups is 1. The Hall–Kier alpha value is -2.31. The first-order valence-electron chi connectivity index (χ1n) is 5.90. The van der Waals surface area contributed by atoms with Crippen molar-refractivity contribution in [3.05, 3.63) is 28.3 Å². The van der Waals surface area contributed by atoms with Gasteiger partial charge < -0.3 is 15.8 Å². The van der Waals surface area contributed by atoms with Crippen molar-refractivity contribution in [3.8, 4) is 5.75 Å². The molecule has 0 radical (unpaired) electrons. The molecule has 1 unspecified atom stereocenters. The Morgan fingerprint density at radius 3 is 2.79 bits per heavy atom. The van der Waals surface area contributed by atoms with Crippen LogP contribution in [0.1, 0.15) is 20.3 Å². The molecule has 0 heterocycles. The largest absolute Gasteiger partial charge is 0.487 e. The molecule has 0 bridgehead atoms. The number of ether oxygens (including phenoxy) is 1. The molecule has 0 aliphatic carbocycles. The molecule has 1 aromatic carbocycles. The van der Waals surface area contributed by atoms with Crippen LogP contribution in [0.25, 0.3) is 0 Å². The molecule has 0 fully saturated rings. The second-order valence-electron chi connectivity index (χ2n) is 4.09. The van der Waals surface area contributed by atoms with Gasteiger partial charge in [-0.15, -0.1) is 0 Å². The summed E-state index contributed by atoms with van der Waals surface area (Å²) in [7, 11) is 0. The van der Waals surface area contributed by atoms with Crippen LogP contribution in [0.5, 0.6) is 5.75 Å². The van der Waals surface area contributed by atoms with E-state index in [9.17, 15) is 14.9 Å². The van der Waals surface area contributed by atoms with E-state index in [1.165, 1.54) is 6.07 Å². The van der Waals surface area contributed by atoms with Crippen LogP contribution >= 0.6 is 0 Å². The molecule has 0 aliphatic heterocycles.